The number of hydrogen-bond acceptors (Lipinski definition) is 7. The molecule has 32 heavy (non-hydrogen) atoms. The lowest BCUT2D eigenvalue weighted by Crippen LogP contribution is -2.51. The number of oxazole rings is 1. The third-order valence-corrected chi connectivity index (χ3v) is 7.37. The molecule has 0 bridgehead atoms. The maximum absolute atomic E-state index is 13.2. The number of aromatic nitrogens is 1. The van der Waals surface area contributed by atoms with Crippen LogP contribution in [-0.4, -0.2) is 68.5 Å². The summed E-state index contributed by atoms with van der Waals surface area (Å²) in [6.45, 7) is 0.473. The second kappa shape index (κ2) is 8.67. The maximum Gasteiger partial charge on any atom is 0.420 e. The zero-order valence-electron chi connectivity index (χ0n) is 17.7. The average molecular weight is 461 g/mol. The van der Waals surface area contributed by atoms with E-state index in [4.69, 9.17) is 13.9 Å². The highest BCUT2D eigenvalue weighted by Gasteiger charge is 2.32. The Hall–Kier alpha value is -3.31. The number of ether oxygens (including phenoxy) is 2. The van der Waals surface area contributed by atoms with Crippen LogP contribution in [0.5, 0.6) is 11.5 Å². The molecule has 1 aliphatic rings. The van der Waals surface area contributed by atoms with Crippen molar-refractivity contribution in [3.63, 3.8) is 0 Å². The molecule has 2 heterocycles. The molecule has 11 heteroatoms. The Kier molecular flexibility index (Phi) is 5.94. The van der Waals surface area contributed by atoms with E-state index in [0.717, 1.165) is 0 Å². The van der Waals surface area contributed by atoms with Crippen molar-refractivity contribution in [1.82, 2.24) is 13.8 Å². The van der Waals surface area contributed by atoms with Crippen molar-refractivity contribution < 1.29 is 27.1 Å². The summed E-state index contributed by atoms with van der Waals surface area (Å²) < 4.78 is 44.5. The smallest absolute Gasteiger partial charge is 0.420 e. The molecule has 0 aliphatic carbocycles. The molecule has 2 aromatic carbocycles. The maximum atomic E-state index is 13.2. The van der Waals surface area contributed by atoms with Crippen molar-refractivity contribution in [1.29, 1.82) is 0 Å². The lowest BCUT2D eigenvalue weighted by Gasteiger charge is -2.34. The number of amides is 1. The van der Waals surface area contributed by atoms with Gasteiger partial charge in [-0.3, -0.25) is 9.36 Å². The molecule has 1 aromatic heterocycles. The Bertz CT molecular complexity index is 1300. The number of piperazine rings is 1. The number of sulfonamides is 1. The van der Waals surface area contributed by atoms with Gasteiger partial charge in [0.05, 0.1) is 19.7 Å². The van der Waals surface area contributed by atoms with Crippen LogP contribution in [0.3, 0.4) is 0 Å². The van der Waals surface area contributed by atoms with E-state index in [9.17, 15) is 18.0 Å². The lowest BCUT2D eigenvalue weighted by atomic mass is 10.3. The molecular formula is C21H23N3O7S. The van der Waals surface area contributed by atoms with Crippen molar-refractivity contribution in [2.24, 2.45) is 0 Å². The van der Waals surface area contributed by atoms with Gasteiger partial charge in [-0.25, -0.2) is 13.2 Å². The second-order valence-corrected chi connectivity index (χ2v) is 9.13. The highest BCUT2D eigenvalue weighted by atomic mass is 32.2. The summed E-state index contributed by atoms with van der Waals surface area (Å²) in [4.78, 5) is 26.5. The molecule has 10 nitrogen and oxygen atoms in total. The summed E-state index contributed by atoms with van der Waals surface area (Å²) in [6.07, 6.45) is 0. The number of benzene rings is 2. The summed E-state index contributed by atoms with van der Waals surface area (Å²) in [6, 6.07) is 11.5. The summed E-state index contributed by atoms with van der Waals surface area (Å²) >= 11 is 0. The van der Waals surface area contributed by atoms with Crippen LogP contribution in [-0.2, 0) is 21.4 Å². The molecular weight excluding hydrogens is 438 g/mol. The first-order valence-electron chi connectivity index (χ1n) is 9.93. The second-order valence-electron chi connectivity index (χ2n) is 7.22. The summed E-state index contributed by atoms with van der Waals surface area (Å²) in [5.41, 5.74) is 0.950. The van der Waals surface area contributed by atoms with Gasteiger partial charge in [0.2, 0.25) is 15.9 Å². The fraction of sp³-hybridized carbons (Fsp3) is 0.333. The van der Waals surface area contributed by atoms with E-state index in [1.807, 2.05) is 0 Å². The van der Waals surface area contributed by atoms with E-state index in [2.05, 4.69) is 0 Å². The van der Waals surface area contributed by atoms with E-state index < -0.39 is 15.8 Å². The minimum atomic E-state index is -3.85. The van der Waals surface area contributed by atoms with Crippen molar-refractivity contribution in [2.75, 3.05) is 40.4 Å². The van der Waals surface area contributed by atoms with E-state index >= 15 is 0 Å². The van der Waals surface area contributed by atoms with Crippen LogP contribution in [0.2, 0.25) is 0 Å². The molecule has 170 valence electrons. The van der Waals surface area contributed by atoms with Crippen molar-refractivity contribution in [3.8, 4) is 11.5 Å². The number of fused-ring (bicyclic) bond motifs is 1. The molecule has 0 atom stereocenters. The first-order valence-corrected chi connectivity index (χ1v) is 11.4. The van der Waals surface area contributed by atoms with Gasteiger partial charge in [0.25, 0.3) is 0 Å². The molecule has 1 saturated heterocycles. The third kappa shape index (κ3) is 3.96. The molecule has 3 aromatic rings. The lowest BCUT2D eigenvalue weighted by molar-refractivity contribution is -0.133. The predicted molar refractivity (Wildman–Crippen MR) is 115 cm³/mol. The minimum absolute atomic E-state index is 0.00976. The predicted octanol–water partition coefficient (Wildman–Crippen LogP) is 1.14. The van der Waals surface area contributed by atoms with Crippen LogP contribution in [0, 0.1) is 0 Å². The van der Waals surface area contributed by atoms with Crippen molar-refractivity contribution in [3.05, 3.63) is 53.0 Å². The first kappa shape index (κ1) is 21.9. The van der Waals surface area contributed by atoms with Crippen LogP contribution >= 0.6 is 0 Å². The van der Waals surface area contributed by atoms with Gasteiger partial charge in [-0.05, 0) is 24.3 Å². The van der Waals surface area contributed by atoms with Gasteiger partial charge >= 0.3 is 5.76 Å². The Morgan fingerprint density at radius 2 is 1.75 bits per heavy atom. The Morgan fingerprint density at radius 1 is 1.03 bits per heavy atom. The van der Waals surface area contributed by atoms with Gasteiger partial charge in [-0.2, -0.15) is 4.31 Å². The molecule has 1 fully saturated rings. The van der Waals surface area contributed by atoms with Crippen LogP contribution < -0.4 is 15.2 Å². The van der Waals surface area contributed by atoms with Crippen LogP contribution in [0.15, 0.2) is 56.6 Å². The summed E-state index contributed by atoms with van der Waals surface area (Å²) in [5.74, 6) is -0.271. The van der Waals surface area contributed by atoms with Gasteiger partial charge < -0.3 is 18.8 Å². The average Bonchev–Trinajstić information content (AvgIpc) is 3.13. The third-order valence-electron chi connectivity index (χ3n) is 5.45. The summed E-state index contributed by atoms with van der Waals surface area (Å²) in [5, 5.41) is 0. The van der Waals surface area contributed by atoms with E-state index in [0.29, 0.717) is 16.8 Å². The number of nitrogens with zero attached hydrogens (tertiary/aromatic N) is 3. The zero-order valence-corrected chi connectivity index (χ0v) is 18.5. The number of rotatable bonds is 6. The summed E-state index contributed by atoms with van der Waals surface area (Å²) in [7, 11) is -0.995. The van der Waals surface area contributed by atoms with Crippen molar-refractivity contribution in [2.45, 2.75) is 11.4 Å². The first-order chi connectivity index (χ1) is 15.3. The highest BCUT2D eigenvalue weighted by molar-refractivity contribution is 7.89. The van der Waals surface area contributed by atoms with Gasteiger partial charge in [0.1, 0.15) is 22.9 Å². The molecule has 0 N–H and O–H groups in total. The standard InChI is InChI=1S/C21H23N3O7S/c1-29-15-7-8-18(30-2)19(13-15)32(27,28)23-11-9-22(10-12-23)20(25)14-24-16-5-3-4-6-17(16)31-21(24)26/h3-8,13H,9-12,14H2,1-2H3. The topological polar surface area (TPSA) is 111 Å². The normalized spacial score (nSPS) is 15.1. The number of methoxy groups -OCH3 is 2. The number of hydrogen-bond donors (Lipinski definition) is 0. The molecule has 0 spiro atoms. The minimum Gasteiger partial charge on any atom is -0.497 e. The monoisotopic (exact) mass is 461 g/mol. The Balaban J connectivity index is 1.47. The van der Waals surface area contributed by atoms with Crippen molar-refractivity contribution >= 4 is 27.0 Å². The molecule has 0 saturated carbocycles. The largest absolute Gasteiger partial charge is 0.497 e. The van der Waals surface area contributed by atoms with Gasteiger partial charge in [0, 0.05) is 32.2 Å². The fourth-order valence-corrected chi connectivity index (χ4v) is 5.29. The SMILES string of the molecule is COc1ccc(OC)c(S(=O)(=O)N2CCN(C(=O)Cn3c(=O)oc4ccccc43)CC2)c1. The number of carbonyl (C=O) groups is 1. The van der Waals surface area contributed by atoms with E-state index in [-0.39, 0.29) is 49.3 Å². The zero-order chi connectivity index (χ0) is 22.9. The molecule has 1 aliphatic heterocycles. The van der Waals surface area contributed by atoms with Crippen LogP contribution in [0.25, 0.3) is 11.1 Å². The van der Waals surface area contributed by atoms with Crippen LogP contribution in [0.4, 0.5) is 0 Å². The highest BCUT2D eigenvalue weighted by Crippen LogP contribution is 2.31. The molecule has 1 amide bonds. The molecule has 0 unspecified atom stereocenters. The van der Waals surface area contributed by atoms with Gasteiger partial charge in [-0.15, -0.1) is 0 Å². The van der Waals surface area contributed by atoms with E-state index in [1.54, 1.807) is 41.3 Å². The van der Waals surface area contributed by atoms with Gasteiger partial charge in [0.15, 0.2) is 5.58 Å². The Labute approximate surface area is 184 Å². The Morgan fingerprint density at radius 3 is 2.44 bits per heavy atom. The molecule has 4 rings (SSSR count). The number of carbonyl (C=O) groups excluding carboxylic acids is 1. The van der Waals surface area contributed by atoms with Crippen LogP contribution in [0.1, 0.15) is 0 Å². The van der Waals surface area contributed by atoms with E-state index in [1.165, 1.54) is 29.2 Å². The van der Waals surface area contributed by atoms with Gasteiger partial charge in [-0.1, -0.05) is 12.1 Å². The quantitative estimate of drug-likeness (QED) is 0.541. The number of para-hydroxylation sites is 2. The fourth-order valence-electron chi connectivity index (χ4n) is 3.70. The molecule has 0 radical (unpaired) electrons.